The molecule has 1 saturated heterocycles. The smallest absolute Gasteiger partial charge is 0.321 e. The number of hydrogen-bond donors (Lipinski definition) is 2. The van der Waals surface area contributed by atoms with Crippen molar-refractivity contribution < 1.29 is 9.53 Å². The highest BCUT2D eigenvalue weighted by Gasteiger charge is 2.17. The second-order valence-corrected chi connectivity index (χ2v) is 6.06. The van der Waals surface area contributed by atoms with Crippen LogP contribution in [0.5, 0.6) is 0 Å². The number of fused-ring (bicyclic) bond motifs is 1. The SMILES string of the molecule is Nc1nc(-c2cccc(NC(=O)N3CCOCC3)c2)nc2ccccc12. The number of nitrogen functional groups attached to an aromatic ring is 1. The van der Waals surface area contributed by atoms with Gasteiger partial charge in [0.25, 0.3) is 0 Å². The number of nitrogens with zero attached hydrogens (tertiary/aromatic N) is 3. The number of aromatic nitrogens is 2. The van der Waals surface area contributed by atoms with E-state index in [9.17, 15) is 4.79 Å². The highest BCUT2D eigenvalue weighted by atomic mass is 16.5. The predicted molar refractivity (Wildman–Crippen MR) is 101 cm³/mol. The number of nitrogens with two attached hydrogens (primary N) is 1. The van der Waals surface area contributed by atoms with Crippen LogP contribution in [-0.2, 0) is 4.74 Å². The molecule has 2 heterocycles. The molecule has 132 valence electrons. The van der Waals surface area contributed by atoms with Gasteiger partial charge in [0, 0.05) is 29.7 Å². The Hall–Kier alpha value is -3.19. The van der Waals surface area contributed by atoms with Crippen molar-refractivity contribution in [3.05, 3.63) is 48.5 Å². The molecule has 4 rings (SSSR count). The Morgan fingerprint density at radius 3 is 2.73 bits per heavy atom. The van der Waals surface area contributed by atoms with Crippen LogP contribution in [0.2, 0.25) is 0 Å². The molecule has 3 N–H and O–H groups in total. The number of rotatable bonds is 2. The van der Waals surface area contributed by atoms with Crippen molar-refractivity contribution in [1.29, 1.82) is 0 Å². The van der Waals surface area contributed by atoms with Crippen molar-refractivity contribution in [2.24, 2.45) is 0 Å². The van der Waals surface area contributed by atoms with Crippen molar-refractivity contribution in [3.63, 3.8) is 0 Å². The molecule has 0 unspecified atom stereocenters. The fourth-order valence-corrected chi connectivity index (χ4v) is 2.94. The summed E-state index contributed by atoms with van der Waals surface area (Å²) in [6, 6.07) is 14.9. The summed E-state index contributed by atoms with van der Waals surface area (Å²) in [6.07, 6.45) is 0. The average Bonchev–Trinajstić information content (AvgIpc) is 2.69. The summed E-state index contributed by atoms with van der Waals surface area (Å²) in [6.45, 7) is 2.32. The Morgan fingerprint density at radius 1 is 1.08 bits per heavy atom. The lowest BCUT2D eigenvalue weighted by atomic mass is 10.1. The lowest BCUT2D eigenvalue weighted by Gasteiger charge is -2.27. The number of morpholine rings is 1. The minimum atomic E-state index is -0.135. The summed E-state index contributed by atoms with van der Waals surface area (Å²) in [5.74, 6) is 0.969. The van der Waals surface area contributed by atoms with Gasteiger partial charge in [-0.2, -0.15) is 0 Å². The Bertz CT molecular complexity index is 954. The van der Waals surface area contributed by atoms with Crippen LogP contribution in [0, 0.1) is 0 Å². The van der Waals surface area contributed by atoms with Crippen LogP contribution in [0.15, 0.2) is 48.5 Å². The number of anilines is 2. The van der Waals surface area contributed by atoms with E-state index < -0.39 is 0 Å². The standard InChI is InChI=1S/C19H19N5O2/c20-17-15-6-1-2-7-16(15)22-18(23-17)13-4-3-5-14(12-13)21-19(25)24-8-10-26-11-9-24/h1-7,12H,8-11H2,(H,21,25)(H2,20,22,23). The molecule has 7 nitrogen and oxygen atoms in total. The van der Waals surface area contributed by atoms with Crippen molar-refractivity contribution in [3.8, 4) is 11.4 Å². The quantitative estimate of drug-likeness (QED) is 0.742. The Balaban J connectivity index is 1.60. The van der Waals surface area contributed by atoms with Crippen molar-refractivity contribution in [2.75, 3.05) is 37.4 Å². The molecule has 2 aromatic carbocycles. The van der Waals surface area contributed by atoms with Crippen molar-refractivity contribution >= 4 is 28.4 Å². The van der Waals surface area contributed by atoms with Gasteiger partial charge in [0.1, 0.15) is 5.82 Å². The summed E-state index contributed by atoms with van der Waals surface area (Å²) in [5.41, 5.74) is 8.34. The largest absolute Gasteiger partial charge is 0.383 e. The van der Waals surface area contributed by atoms with E-state index in [1.54, 1.807) is 4.90 Å². The first-order valence-electron chi connectivity index (χ1n) is 8.47. The maximum Gasteiger partial charge on any atom is 0.321 e. The van der Waals surface area contributed by atoms with E-state index >= 15 is 0 Å². The molecular formula is C19H19N5O2. The second kappa shape index (κ2) is 6.97. The Kier molecular flexibility index (Phi) is 4.37. The fourth-order valence-electron chi connectivity index (χ4n) is 2.94. The van der Waals surface area contributed by atoms with Gasteiger partial charge < -0.3 is 20.7 Å². The Labute approximate surface area is 150 Å². The van der Waals surface area contributed by atoms with Gasteiger partial charge in [-0.1, -0.05) is 24.3 Å². The van der Waals surface area contributed by atoms with Crippen LogP contribution in [0.25, 0.3) is 22.3 Å². The summed E-state index contributed by atoms with van der Waals surface area (Å²) in [5, 5.41) is 3.75. The van der Waals surface area contributed by atoms with Crippen LogP contribution >= 0.6 is 0 Å². The van der Waals surface area contributed by atoms with Gasteiger partial charge in [-0.3, -0.25) is 0 Å². The van der Waals surface area contributed by atoms with Crippen LogP contribution in [0.4, 0.5) is 16.3 Å². The third-order valence-corrected chi connectivity index (χ3v) is 4.30. The van der Waals surface area contributed by atoms with Crippen molar-refractivity contribution in [1.82, 2.24) is 14.9 Å². The Morgan fingerprint density at radius 2 is 1.88 bits per heavy atom. The van der Waals surface area contributed by atoms with Gasteiger partial charge in [-0.25, -0.2) is 14.8 Å². The molecule has 1 aliphatic rings. The maximum atomic E-state index is 12.4. The zero-order chi connectivity index (χ0) is 17.9. The molecule has 0 saturated carbocycles. The number of para-hydroxylation sites is 1. The van der Waals surface area contributed by atoms with Gasteiger partial charge in [-0.15, -0.1) is 0 Å². The lowest BCUT2D eigenvalue weighted by Crippen LogP contribution is -2.43. The zero-order valence-electron chi connectivity index (χ0n) is 14.2. The fraction of sp³-hybridized carbons (Fsp3) is 0.211. The van der Waals surface area contributed by atoms with Gasteiger partial charge in [-0.05, 0) is 24.3 Å². The van der Waals surface area contributed by atoms with E-state index in [-0.39, 0.29) is 6.03 Å². The molecule has 0 aliphatic carbocycles. The number of carbonyl (C=O) groups excluding carboxylic acids is 1. The minimum absolute atomic E-state index is 0.135. The molecule has 1 fully saturated rings. The molecule has 0 atom stereocenters. The summed E-state index contributed by atoms with van der Waals surface area (Å²) in [4.78, 5) is 23.1. The van der Waals surface area contributed by atoms with Crippen LogP contribution in [0.1, 0.15) is 0 Å². The van der Waals surface area contributed by atoms with Crippen LogP contribution in [0.3, 0.4) is 0 Å². The topological polar surface area (TPSA) is 93.4 Å². The number of amides is 2. The first kappa shape index (κ1) is 16.3. The molecular weight excluding hydrogens is 330 g/mol. The van der Waals surface area contributed by atoms with Crippen LogP contribution in [-0.4, -0.2) is 47.2 Å². The molecule has 7 heteroatoms. The molecule has 1 aromatic heterocycles. The second-order valence-electron chi connectivity index (χ2n) is 6.06. The summed E-state index contributed by atoms with van der Waals surface area (Å²) in [7, 11) is 0. The van der Waals surface area contributed by atoms with E-state index in [4.69, 9.17) is 10.5 Å². The first-order valence-corrected chi connectivity index (χ1v) is 8.47. The number of urea groups is 1. The van der Waals surface area contributed by atoms with Crippen LogP contribution < -0.4 is 11.1 Å². The number of carbonyl (C=O) groups is 1. The molecule has 0 spiro atoms. The molecule has 2 amide bonds. The summed E-state index contributed by atoms with van der Waals surface area (Å²) >= 11 is 0. The molecule has 3 aromatic rings. The average molecular weight is 349 g/mol. The highest BCUT2D eigenvalue weighted by molar-refractivity contribution is 5.91. The molecule has 0 bridgehead atoms. The third-order valence-electron chi connectivity index (χ3n) is 4.30. The van der Waals surface area contributed by atoms with Gasteiger partial charge in [0.05, 0.1) is 18.7 Å². The first-order chi connectivity index (χ1) is 12.7. The number of ether oxygens (including phenoxy) is 1. The van der Waals surface area contributed by atoms with Gasteiger partial charge in [0.15, 0.2) is 5.82 Å². The number of nitrogens with one attached hydrogen (secondary N) is 1. The van der Waals surface area contributed by atoms with E-state index in [0.29, 0.717) is 43.6 Å². The number of benzene rings is 2. The van der Waals surface area contributed by atoms with E-state index in [1.165, 1.54) is 0 Å². The van der Waals surface area contributed by atoms with E-state index in [0.717, 1.165) is 16.5 Å². The van der Waals surface area contributed by atoms with E-state index in [2.05, 4.69) is 15.3 Å². The summed E-state index contributed by atoms with van der Waals surface area (Å²) < 4.78 is 5.27. The highest BCUT2D eigenvalue weighted by Crippen LogP contribution is 2.24. The predicted octanol–water partition coefficient (Wildman–Crippen LogP) is 2.74. The molecule has 26 heavy (non-hydrogen) atoms. The molecule has 0 radical (unpaired) electrons. The van der Waals surface area contributed by atoms with Crippen molar-refractivity contribution in [2.45, 2.75) is 0 Å². The van der Waals surface area contributed by atoms with Gasteiger partial charge >= 0.3 is 6.03 Å². The minimum Gasteiger partial charge on any atom is -0.383 e. The zero-order valence-corrected chi connectivity index (χ0v) is 14.2. The van der Waals surface area contributed by atoms with E-state index in [1.807, 2.05) is 48.5 Å². The lowest BCUT2D eigenvalue weighted by molar-refractivity contribution is 0.0564. The number of hydrogen-bond acceptors (Lipinski definition) is 5. The third kappa shape index (κ3) is 3.29. The normalized spacial score (nSPS) is 14.4. The monoisotopic (exact) mass is 349 g/mol. The molecule has 1 aliphatic heterocycles. The maximum absolute atomic E-state index is 12.4. The van der Waals surface area contributed by atoms with Gasteiger partial charge in [0.2, 0.25) is 0 Å².